The van der Waals surface area contributed by atoms with Crippen LogP contribution in [0.2, 0.25) is 0 Å². The summed E-state index contributed by atoms with van der Waals surface area (Å²) in [6.07, 6.45) is 10.0. The summed E-state index contributed by atoms with van der Waals surface area (Å²) in [5.41, 5.74) is 0. The Morgan fingerprint density at radius 3 is 1.85 bits per heavy atom. The van der Waals surface area contributed by atoms with Gasteiger partial charge in [0, 0.05) is 0 Å². The highest BCUT2D eigenvalue weighted by atomic mass is 19.1. The molecule has 0 aromatic carbocycles. The fraction of sp³-hybridized carbons (Fsp3) is 0.917. The molecule has 0 aromatic heterocycles. The van der Waals surface area contributed by atoms with Crippen LogP contribution in [0.1, 0.15) is 64.7 Å². The van der Waals surface area contributed by atoms with Crippen LogP contribution in [0.25, 0.3) is 0 Å². The van der Waals surface area contributed by atoms with Crippen molar-refractivity contribution in [1.29, 1.82) is 0 Å². The summed E-state index contributed by atoms with van der Waals surface area (Å²) in [4.78, 5) is 0. The summed E-state index contributed by atoms with van der Waals surface area (Å²) in [5.74, 6) is 0. The molecule has 1 radical (unpaired) electrons. The van der Waals surface area contributed by atoms with E-state index >= 15 is 0 Å². The zero-order valence-electron chi connectivity index (χ0n) is 9.03. The molecule has 0 aromatic rings. The van der Waals surface area contributed by atoms with Crippen LogP contribution in [0.4, 0.5) is 4.39 Å². The molecule has 13 heavy (non-hydrogen) atoms. The van der Waals surface area contributed by atoms with Crippen molar-refractivity contribution >= 4 is 0 Å². The molecule has 0 N–H and O–H groups in total. The lowest BCUT2D eigenvalue weighted by Gasteiger charge is -2.02. The van der Waals surface area contributed by atoms with Gasteiger partial charge in [-0.2, -0.15) is 0 Å². The van der Waals surface area contributed by atoms with E-state index in [1.165, 1.54) is 38.5 Å². The molecule has 0 aliphatic carbocycles. The zero-order chi connectivity index (χ0) is 9.94. The SMILES string of the molecule is [CH2]CCCCCCCCCC(C)F. The number of unbranched alkanes of at least 4 members (excludes halogenated alkanes) is 7. The van der Waals surface area contributed by atoms with Crippen LogP contribution < -0.4 is 0 Å². The molecule has 0 amide bonds. The molecule has 0 saturated heterocycles. The minimum absolute atomic E-state index is 0.605. The highest BCUT2D eigenvalue weighted by Gasteiger charge is 1.96. The highest BCUT2D eigenvalue weighted by molar-refractivity contribution is 4.50. The van der Waals surface area contributed by atoms with E-state index in [0.29, 0.717) is 0 Å². The van der Waals surface area contributed by atoms with E-state index < -0.39 is 6.17 Å². The van der Waals surface area contributed by atoms with E-state index in [-0.39, 0.29) is 0 Å². The molecule has 0 nitrogen and oxygen atoms in total. The van der Waals surface area contributed by atoms with Crippen LogP contribution >= 0.6 is 0 Å². The van der Waals surface area contributed by atoms with Crippen molar-refractivity contribution in [2.75, 3.05) is 0 Å². The van der Waals surface area contributed by atoms with Gasteiger partial charge in [0.25, 0.3) is 0 Å². The van der Waals surface area contributed by atoms with E-state index in [1.807, 2.05) is 0 Å². The molecule has 0 heterocycles. The molecule has 0 fully saturated rings. The smallest absolute Gasteiger partial charge is 0.0973 e. The summed E-state index contributed by atoms with van der Waals surface area (Å²) in [6, 6.07) is 0. The molecule has 0 rings (SSSR count). The molecule has 0 aliphatic heterocycles. The quantitative estimate of drug-likeness (QED) is 0.459. The van der Waals surface area contributed by atoms with Crippen molar-refractivity contribution in [1.82, 2.24) is 0 Å². The van der Waals surface area contributed by atoms with E-state index in [1.54, 1.807) is 6.92 Å². The Morgan fingerprint density at radius 1 is 0.923 bits per heavy atom. The standard InChI is InChI=1S/C12H24F/c1-3-4-5-6-7-8-9-10-11-12(2)13/h12H,1,3-11H2,2H3. The third kappa shape index (κ3) is 11.9. The van der Waals surface area contributed by atoms with Gasteiger partial charge in [-0.3, -0.25) is 0 Å². The minimum Gasteiger partial charge on any atom is -0.248 e. The Labute approximate surface area is 82.9 Å². The lowest BCUT2D eigenvalue weighted by atomic mass is 10.1. The van der Waals surface area contributed by atoms with Crippen molar-refractivity contribution in [3.63, 3.8) is 0 Å². The van der Waals surface area contributed by atoms with Gasteiger partial charge in [-0.05, 0) is 13.3 Å². The first kappa shape index (κ1) is 12.9. The van der Waals surface area contributed by atoms with Gasteiger partial charge in [0.15, 0.2) is 0 Å². The van der Waals surface area contributed by atoms with Crippen LogP contribution in [0.3, 0.4) is 0 Å². The normalized spacial score (nSPS) is 13.2. The summed E-state index contributed by atoms with van der Waals surface area (Å²) in [7, 11) is 0. The summed E-state index contributed by atoms with van der Waals surface area (Å²) >= 11 is 0. The second-order valence-corrected chi connectivity index (χ2v) is 3.90. The average Bonchev–Trinajstić information content (AvgIpc) is 2.09. The second-order valence-electron chi connectivity index (χ2n) is 3.90. The molecule has 1 atom stereocenters. The predicted molar refractivity (Wildman–Crippen MR) is 57.5 cm³/mol. The van der Waals surface area contributed by atoms with E-state index in [9.17, 15) is 4.39 Å². The van der Waals surface area contributed by atoms with Gasteiger partial charge in [0.05, 0.1) is 6.17 Å². The van der Waals surface area contributed by atoms with E-state index in [0.717, 1.165) is 19.3 Å². The number of hydrogen-bond acceptors (Lipinski definition) is 0. The first-order valence-corrected chi connectivity index (χ1v) is 5.70. The molecular weight excluding hydrogens is 163 g/mol. The predicted octanol–water partition coefficient (Wildman–Crippen LogP) is 4.69. The third-order valence-electron chi connectivity index (χ3n) is 2.35. The van der Waals surface area contributed by atoms with Crippen LogP contribution in [0, 0.1) is 6.92 Å². The maximum absolute atomic E-state index is 12.4. The number of halogens is 1. The van der Waals surface area contributed by atoms with Gasteiger partial charge in [-0.1, -0.05) is 58.3 Å². The number of hydrogen-bond donors (Lipinski definition) is 0. The van der Waals surface area contributed by atoms with Gasteiger partial charge in [0.2, 0.25) is 0 Å². The monoisotopic (exact) mass is 187 g/mol. The van der Waals surface area contributed by atoms with E-state index in [4.69, 9.17) is 0 Å². The van der Waals surface area contributed by atoms with Crippen LogP contribution in [-0.2, 0) is 0 Å². The lowest BCUT2D eigenvalue weighted by Crippen LogP contribution is -1.91. The van der Waals surface area contributed by atoms with Gasteiger partial charge < -0.3 is 0 Å². The lowest BCUT2D eigenvalue weighted by molar-refractivity contribution is 0.329. The molecule has 1 unspecified atom stereocenters. The Morgan fingerprint density at radius 2 is 1.38 bits per heavy atom. The molecular formula is C12H24F. The van der Waals surface area contributed by atoms with Crippen molar-refractivity contribution in [2.24, 2.45) is 0 Å². The minimum atomic E-state index is -0.605. The van der Waals surface area contributed by atoms with E-state index in [2.05, 4.69) is 6.92 Å². The Balaban J connectivity index is 2.84. The topological polar surface area (TPSA) is 0 Å². The highest BCUT2D eigenvalue weighted by Crippen LogP contribution is 2.11. The average molecular weight is 187 g/mol. The van der Waals surface area contributed by atoms with Gasteiger partial charge in [0.1, 0.15) is 0 Å². The van der Waals surface area contributed by atoms with Crippen molar-refractivity contribution < 1.29 is 4.39 Å². The van der Waals surface area contributed by atoms with Gasteiger partial charge >= 0.3 is 0 Å². The van der Waals surface area contributed by atoms with Crippen LogP contribution in [0.5, 0.6) is 0 Å². The maximum atomic E-state index is 12.4. The maximum Gasteiger partial charge on any atom is 0.0973 e. The Kier molecular flexibility index (Phi) is 9.96. The summed E-state index contributed by atoms with van der Waals surface area (Å²) in [5, 5.41) is 0. The fourth-order valence-electron chi connectivity index (χ4n) is 1.49. The van der Waals surface area contributed by atoms with Gasteiger partial charge in [-0.15, -0.1) is 0 Å². The van der Waals surface area contributed by atoms with Crippen molar-refractivity contribution in [3.8, 4) is 0 Å². The molecule has 79 valence electrons. The molecule has 0 aliphatic rings. The Hall–Kier alpha value is -0.0700. The molecule has 0 spiro atoms. The number of rotatable bonds is 9. The fourth-order valence-corrected chi connectivity index (χ4v) is 1.49. The molecule has 1 heteroatoms. The second kappa shape index (κ2) is 10.0. The summed E-state index contributed by atoms with van der Waals surface area (Å²) < 4.78 is 12.4. The zero-order valence-corrected chi connectivity index (χ0v) is 9.03. The summed E-state index contributed by atoms with van der Waals surface area (Å²) in [6.45, 7) is 5.46. The first-order valence-electron chi connectivity index (χ1n) is 5.70. The van der Waals surface area contributed by atoms with Crippen LogP contribution in [-0.4, -0.2) is 6.17 Å². The molecule has 0 saturated carbocycles. The number of alkyl halides is 1. The van der Waals surface area contributed by atoms with Gasteiger partial charge in [-0.25, -0.2) is 4.39 Å². The first-order chi connectivity index (χ1) is 6.27. The molecule has 0 bridgehead atoms. The largest absolute Gasteiger partial charge is 0.248 e. The van der Waals surface area contributed by atoms with Crippen LogP contribution in [0.15, 0.2) is 0 Å². The van der Waals surface area contributed by atoms with Crippen molar-refractivity contribution in [2.45, 2.75) is 70.9 Å². The van der Waals surface area contributed by atoms with Crippen molar-refractivity contribution in [3.05, 3.63) is 6.92 Å². The third-order valence-corrected chi connectivity index (χ3v) is 2.35. The Bertz CT molecular complexity index is 89.1.